The van der Waals surface area contributed by atoms with E-state index in [0.29, 0.717) is 16.2 Å². The van der Waals surface area contributed by atoms with Gasteiger partial charge >= 0.3 is 189 Å². The van der Waals surface area contributed by atoms with Crippen LogP contribution in [0.4, 0.5) is 18.9 Å². The number of halogens is 5. The standard InChI is InChI=1S/C21H18BrClF3NOP2/c22-17-11-14(19(12-18(17)23)27-20(28)21(24,25)26)13-30(29,15-7-3-1-4-8-15)16-9-5-2-6-10-16/h1-12,30H,13,29H2,(H,27,28). The van der Waals surface area contributed by atoms with Gasteiger partial charge in [-0.3, -0.25) is 0 Å². The zero-order valence-electron chi connectivity index (χ0n) is 15.5. The molecule has 1 unspecified atom stereocenters. The second-order valence-corrected chi connectivity index (χ2v) is 14.4. The molecule has 1 amide bonds. The van der Waals surface area contributed by atoms with Gasteiger partial charge in [0.25, 0.3) is 0 Å². The molecule has 0 saturated heterocycles. The molecule has 3 aromatic rings. The Bertz CT molecular complexity index is 1010. The average molecular weight is 535 g/mol. The summed E-state index contributed by atoms with van der Waals surface area (Å²) in [4.78, 5) is 11.6. The van der Waals surface area contributed by atoms with E-state index in [1.54, 1.807) is 6.07 Å². The van der Waals surface area contributed by atoms with Crippen LogP contribution in [0.1, 0.15) is 5.56 Å². The SMILES string of the molecule is O=C(Nc1cc(Cl)c(Br)cc1C[PH](P)(c1ccccc1)c1ccccc1)C(F)(F)F. The number of alkyl halides is 3. The number of amides is 1. The Morgan fingerprint density at radius 1 is 1.00 bits per heavy atom. The number of anilines is 1. The van der Waals surface area contributed by atoms with Gasteiger partial charge < -0.3 is 0 Å². The minimum absolute atomic E-state index is 0.0525. The molecule has 0 aromatic heterocycles. The van der Waals surface area contributed by atoms with Gasteiger partial charge in [-0.1, -0.05) is 0 Å². The van der Waals surface area contributed by atoms with Crippen molar-refractivity contribution in [2.75, 3.05) is 5.32 Å². The molecule has 9 heteroatoms. The summed E-state index contributed by atoms with van der Waals surface area (Å²) in [7, 11) is 2.97. The van der Waals surface area contributed by atoms with Crippen molar-refractivity contribution in [3.8, 4) is 0 Å². The Labute approximate surface area is 188 Å². The number of carbonyl (C=O) groups excluding carboxylic acids is 1. The van der Waals surface area contributed by atoms with Gasteiger partial charge in [0, 0.05) is 0 Å². The summed E-state index contributed by atoms with van der Waals surface area (Å²) in [6.07, 6.45) is -4.56. The molecular weight excluding hydrogens is 517 g/mol. The molecule has 0 aliphatic heterocycles. The molecule has 2 nitrogen and oxygen atoms in total. The first-order valence-electron chi connectivity index (χ1n) is 8.87. The summed E-state index contributed by atoms with van der Waals surface area (Å²) in [6, 6.07) is 22.7. The summed E-state index contributed by atoms with van der Waals surface area (Å²) in [5.41, 5.74) is 0.620. The van der Waals surface area contributed by atoms with Crippen LogP contribution in [-0.2, 0) is 11.0 Å². The van der Waals surface area contributed by atoms with Crippen LogP contribution in [0, 0.1) is 0 Å². The third kappa shape index (κ3) is 5.23. The molecule has 30 heavy (non-hydrogen) atoms. The topological polar surface area (TPSA) is 29.1 Å². The van der Waals surface area contributed by atoms with E-state index in [9.17, 15) is 18.0 Å². The molecular formula is C21H18BrClF3NOP2. The Hall–Kier alpha value is -1.45. The number of rotatable bonds is 5. The fourth-order valence-corrected chi connectivity index (χ4v) is 8.76. The van der Waals surface area contributed by atoms with Crippen LogP contribution < -0.4 is 15.9 Å². The first-order valence-corrected chi connectivity index (χ1v) is 14.1. The van der Waals surface area contributed by atoms with Gasteiger partial charge in [-0.05, 0) is 0 Å². The van der Waals surface area contributed by atoms with Gasteiger partial charge in [0.1, 0.15) is 0 Å². The fourth-order valence-electron chi connectivity index (χ4n) is 3.19. The van der Waals surface area contributed by atoms with Gasteiger partial charge in [0.15, 0.2) is 0 Å². The second-order valence-electron chi connectivity index (χ2n) is 6.76. The van der Waals surface area contributed by atoms with E-state index in [-0.39, 0.29) is 10.7 Å². The van der Waals surface area contributed by atoms with Crippen molar-refractivity contribution in [3.05, 3.63) is 87.9 Å². The van der Waals surface area contributed by atoms with Crippen molar-refractivity contribution < 1.29 is 18.0 Å². The molecule has 1 N–H and O–H groups in total. The maximum absolute atomic E-state index is 12.9. The number of carbonyl (C=O) groups is 1. The van der Waals surface area contributed by atoms with E-state index in [1.165, 1.54) is 6.07 Å². The van der Waals surface area contributed by atoms with Crippen LogP contribution in [0.2, 0.25) is 5.02 Å². The number of benzene rings is 3. The molecule has 0 fully saturated rings. The third-order valence-electron chi connectivity index (χ3n) is 4.70. The molecule has 0 bridgehead atoms. The fraction of sp³-hybridized carbons (Fsp3) is 0.0952. The molecule has 1 atom stereocenters. The Morgan fingerprint density at radius 3 is 1.97 bits per heavy atom. The van der Waals surface area contributed by atoms with Gasteiger partial charge in [-0.25, -0.2) is 0 Å². The van der Waals surface area contributed by atoms with Crippen LogP contribution in [0.15, 0.2) is 77.3 Å². The third-order valence-corrected chi connectivity index (χ3v) is 12.2. The monoisotopic (exact) mass is 533 g/mol. The van der Waals surface area contributed by atoms with Gasteiger partial charge in [-0.15, -0.1) is 0 Å². The quantitative estimate of drug-likeness (QED) is 0.383. The second kappa shape index (κ2) is 9.36. The molecule has 3 rings (SSSR count). The first-order chi connectivity index (χ1) is 14.1. The first kappa shape index (κ1) is 23.2. The van der Waals surface area contributed by atoms with E-state index in [2.05, 4.69) is 24.9 Å². The number of hydrogen-bond acceptors (Lipinski definition) is 1. The Balaban J connectivity index is 2.11. The number of hydrogen-bond donors (Lipinski definition) is 1. The van der Waals surface area contributed by atoms with Gasteiger partial charge in [0.2, 0.25) is 0 Å². The van der Waals surface area contributed by atoms with Crippen molar-refractivity contribution in [1.82, 2.24) is 0 Å². The van der Waals surface area contributed by atoms with Gasteiger partial charge in [-0.2, -0.15) is 0 Å². The van der Waals surface area contributed by atoms with Crippen LogP contribution in [0.3, 0.4) is 0 Å². The summed E-state index contributed by atoms with van der Waals surface area (Å²) in [6.45, 7) is -2.49. The zero-order chi connectivity index (χ0) is 21.9. The minimum atomic E-state index is -4.99. The number of nitrogens with one attached hydrogen (secondary N) is 1. The van der Waals surface area contributed by atoms with Crippen LogP contribution >= 0.6 is 43.4 Å². The van der Waals surface area contributed by atoms with E-state index in [0.717, 1.165) is 10.6 Å². The molecule has 158 valence electrons. The Kier molecular flexibility index (Phi) is 7.24. The molecule has 0 aliphatic rings. The van der Waals surface area contributed by atoms with Crippen molar-refractivity contribution in [2.24, 2.45) is 0 Å². The summed E-state index contributed by atoms with van der Waals surface area (Å²) in [5.74, 6) is -2.03. The molecule has 0 heterocycles. The van der Waals surface area contributed by atoms with Crippen molar-refractivity contribution in [2.45, 2.75) is 12.3 Å². The summed E-state index contributed by atoms with van der Waals surface area (Å²) in [5, 5.41) is 4.40. The van der Waals surface area contributed by atoms with Crippen LogP contribution in [0.25, 0.3) is 0 Å². The molecule has 0 aliphatic carbocycles. The van der Waals surface area contributed by atoms with E-state index < -0.39 is 19.0 Å². The normalized spacial score (nSPS) is 12.5. The summed E-state index contributed by atoms with van der Waals surface area (Å²) >= 11 is 9.46. The maximum atomic E-state index is 12.9. The van der Waals surface area contributed by atoms with Crippen molar-refractivity contribution >= 4 is 65.6 Å². The Morgan fingerprint density at radius 2 is 1.50 bits per heavy atom. The predicted octanol–water partition coefficient (Wildman–Crippen LogP) is 6.29. The van der Waals surface area contributed by atoms with E-state index in [1.807, 2.05) is 66.0 Å². The van der Waals surface area contributed by atoms with Crippen molar-refractivity contribution in [1.29, 1.82) is 0 Å². The van der Waals surface area contributed by atoms with Gasteiger partial charge in [0.05, 0.1) is 0 Å². The zero-order valence-corrected chi connectivity index (χ0v) is 20.0. The summed E-state index contributed by atoms with van der Waals surface area (Å²) < 4.78 is 39.1. The van der Waals surface area contributed by atoms with E-state index in [4.69, 9.17) is 11.6 Å². The van der Waals surface area contributed by atoms with Crippen LogP contribution in [-0.4, -0.2) is 12.1 Å². The molecule has 0 saturated carbocycles. The molecule has 0 radical (unpaired) electrons. The average Bonchev–Trinajstić information content (AvgIpc) is 2.72. The van der Waals surface area contributed by atoms with Crippen molar-refractivity contribution in [3.63, 3.8) is 0 Å². The molecule has 3 aromatic carbocycles. The molecule has 0 spiro atoms. The predicted molar refractivity (Wildman–Crippen MR) is 128 cm³/mol. The van der Waals surface area contributed by atoms with Crippen LogP contribution in [0.5, 0.6) is 0 Å². The van der Waals surface area contributed by atoms with E-state index >= 15 is 0 Å².